The minimum atomic E-state index is -3.71. The molecule has 22 heavy (non-hydrogen) atoms. The van der Waals surface area contributed by atoms with Gasteiger partial charge in [0.05, 0.1) is 11.5 Å². The molecule has 120 valence electrons. The van der Waals surface area contributed by atoms with Crippen LogP contribution in [0.25, 0.3) is 0 Å². The molecule has 6 nitrogen and oxygen atoms in total. The molecular weight excluding hydrogens is 304 g/mol. The molecule has 1 atom stereocenters. The largest absolute Gasteiger partial charge is 0.493 e. The Bertz CT molecular complexity index is 672. The minimum absolute atomic E-state index is 0.189. The maximum atomic E-state index is 12.5. The van der Waals surface area contributed by atoms with Crippen LogP contribution in [0, 0.1) is 0 Å². The summed E-state index contributed by atoms with van der Waals surface area (Å²) in [4.78, 5) is 12.1. The molecule has 0 aliphatic carbocycles. The summed E-state index contributed by atoms with van der Waals surface area (Å²) in [5.74, 6) is 0.500. The molecule has 1 amide bonds. The van der Waals surface area contributed by atoms with Gasteiger partial charge in [0.25, 0.3) is 0 Å². The van der Waals surface area contributed by atoms with Gasteiger partial charge in [0.15, 0.2) is 0 Å². The van der Waals surface area contributed by atoms with Crippen LogP contribution in [-0.2, 0) is 21.2 Å². The molecule has 0 radical (unpaired) electrons. The topological polar surface area (TPSA) is 84.5 Å². The number of hydrogen-bond donors (Lipinski definition) is 2. The van der Waals surface area contributed by atoms with E-state index in [-0.39, 0.29) is 10.8 Å². The average molecular weight is 324 g/mol. The maximum absolute atomic E-state index is 12.5. The third kappa shape index (κ3) is 3.25. The lowest BCUT2D eigenvalue weighted by Crippen LogP contribution is -2.45. The molecule has 0 saturated carbocycles. The van der Waals surface area contributed by atoms with Gasteiger partial charge in [-0.1, -0.05) is 0 Å². The molecule has 2 N–H and O–H groups in total. The summed E-state index contributed by atoms with van der Waals surface area (Å²) >= 11 is 0. The highest BCUT2D eigenvalue weighted by molar-refractivity contribution is 7.89. The van der Waals surface area contributed by atoms with Crippen LogP contribution in [0.3, 0.4) is 0 Å². The fourth-order valence-electron chi connectivity index (χ4n) is 2.81. The maximum Gasteiger partial charge on any atom is 0.241 e. The lowest BCUT2D eigenvalue weighted by molar-refractivity contribution is -0.122. The van der Waals surface area contributed by atoms with Crippen molar-refractivity contribution in [3.05, 3.63) is 23.8 Å². The van der Waals surface area contributed by atoms with Crippen molar-refractivity contribution < 1.29 is 17.9 Å². The predicted octanol–water partition coefficient (Wildman–Crippen LogP) is 0.959. The number of hydrogen-bond acceptors (Lipinski definition) is 4. The Morgan fingerprint density at radius 2 is 2.09 bits per heavy atom. The van der Waals surface area contributed by atoms with Crippen molar-refractivity contribution in [2.24, 2.45) is 0 Å². The van der Waals surface area contributed by atoms with Crippen LogP contribution in [0.2, 0.25) is 0 Å². The van der Waals surface area contributed by atoms with E-state index in [9.17, 15) is 13.2 Å². The highest BCUT2D eigenvalue weighted by Gasteiger charge is 2.27. The van der Waals surface area contributed by atoms with Crippen molar-refractivity contribution in [2.75, 3.05) is 13.2 Å². The number of fused-ring (bicyclic) bond motifs is 1. The van der Waals surface area contributed by atoms with E-state index in [0.29, 0.717) is 19.6 Å². The van der Waals surface area contributed by atoms with Crippen molar-refractivity contribution in [3.63, 3.8) is 0 Å². The second kappa shape index (κ2) is 6.26. The first-order chi connectivity index (χ1) is 10.6. The minimum Gasteiger partial charge on any atom is -0.493 e. The molecule has 0 aromatic heterocycles. The molecule has 3 rings (SSSR count). The zero-order valence-electron chi connectivity index (χ0n) is 12.3. The number of rotatable bonds is 3. The van der Waals surface area contributed by atoms with Crippen LogP contribution in [0.1, 0.15) is 31.2 Å². The van der Waals surface area contributed by atoms with Crippen LogP contribution >= 0.6 is 0 Å². The fourth-order valence-corrected chi connectivity index (χ4v) is 4.09. The molecule has 1 saturated heterocycles. The van der Waals surface area contributed by atoms with Gasteiger partial charge >= 0.3 is 0 Å². The average Bonchev–Trinajstić information content (AvgIpc) is 2.71. The van der Waals surface area contributed by atoms with Crippen LogP contribution in [0.4, 0.5) is 0 Å². The monoisotopic (exact) mass is 324 g/mol. The molecule has 1 aromatic rings. The van der Waals surface area contributed by atoms with Crippen molar-refractivity contribution in [3.8, 4) is 5.75 Å². The van der Waals surface area contributed by atoms with E-state index in [4.69, 9.17) is 4.74 Å². The predicted molar refractivity (Wildman–Crippen MR) is 81.2 cm³/mol. The van der Waals surface area contributed by atoms with Gasteiger partial charge in [-0.05, 0) is 55.9 Å². The van der Waals surface area contributed by atoms with Gasteiger partial charge in [-0.2, -0.15) is 4.72 Å². The summed E-state index contributed by atoms with van der Waals surface area (Å²) in [5.41, 5.74) is 0.902. The summed E-state index contributed by atoms with van der Waals surface area (Å²) in [6.07, 6.45) is 3.92. The first kappa shape index (κ1) is 15.3. The van der Waals surface area contributed by atoms with Crippen molar-refractivity contribution in [2.45, 2.75) is 43.0 Å². The normalized spacial score (nSPS) is 22.2. The van der Waals surface area contributed by atoms with Crippen molar-refractivity contribution in [1.82, 2.24) is 10.0 Å². The number of aryl methyl sites for hydroxylation is 1. The van der Waals surface area contributed by atoms with E-state index in [2.05, 4.69) is 10.0 Å². The number of benzene rings is 1. The first-order valence-corrected chi connectivity index (χ1v) is 9.10. The summed E-state index contributed by atoms with van der Waals surface area (Å²) in [6.45, 7) is 1.27. The second-order valence-electron chi connectivity index (χ2n) is 5.68. The Hall–Kier alpha value is -1.60. The Morgan fingerprint density at radius 3 is 2.95 bits per heavy atom. The Balaban J connectivity index is 1.81. The lowest BCUT2D eigenvalue weighted by Gasteiger charge is -2.19. The van der Waals surface area contributed by atoms with E-state index in [1.54, 1.807) is 12.1 Å². The second-order valence-corrected chi connectivity index (χ2v) is 7.40. The van der Waals surface area contributed by atoms with Gasteiger partial charge in [-0.3, -0.25) is 4.79 Å². The highest BCUT2D eigenvalue weighted by Crippen LogP contribution is 2.27. The molecule has 2 aliphatic rings. The molecule has 2 aliphatic heterocycles. The molecule has 0 unspecified atom stereocenters. The van der Waals surface area contributed by atoms with Gasteiger partial charge in [-0.25, -0.2) is 8.42 Å². The summed E-state index contributed by atoms with van der Waals surface area (Å²) in [6, 6.07) is 4.17. The van der Waals surface area contributed by atoms with Crippen LogP contribution < -0.4 is 14.8 Å². The van der Waals surface area contributed by atoms with Gasteiger partial charge in [0.1, 0.15) is 11.8 Å². The SMILES string of the molecule is O=C1NCCCC[C@@H]1NS(=O)(=O)c1ccc2c(c1)CCCO2. The van der Waals surface area contributed by atoms with Crippen molar-refractivity contribution >= 4 is 15.9 Å². The first-order valence-electron chi connectivity index (χ1n) is 7.62. The van der Waals surface area contributed by atoms with Gasteiger partial charge in [0, 0.05) is 6.54 Å². The van der Waals surface area contributed by atoms with E-state index in [0.717, 1.165) is 37.0 Å². The van der Waals surface area contributed by atoms with Crippen LogP contribution in [-0.4, -0.2) is 33.5 Å². The van der Waals surface area contributed by atoms with E-state index in [1.165, 1.54) is 6.07 Å². The molecule has 0 bridgehead atoms. The standard InChI is InChI=1S/C15H20N2O4S/c18-15-13(5-1-2-8-16-15)17-22(19,20)12-6-7-14-11(10-12)4-3-9-21-14/h6-7,10,13,17H,1-5,8-9H2,(H,16,18)/t13-/m0/s1. The third-order valence-electron chi connectivity index (χ3n) is 4.02. The zero-order valence-corrected chi connectivity index (χ0v) is 13.1. The van der Waals surface area contributed by atoms with E-state index in [1.807, 2.05) is 0 Å². The highest BCUT2D eigenvalue weighted by atomic mass is 32.2. The van der Waals surface area contributed by atoms with Crippen molar-refractivity contribution in [1.29, 1.82) is 0 Å². The molecule has 1 aromatic carbocycles. The lowest BCUT2D eigenvalue weighted by atomic mass is 10.1. The third-order valence-corrected chi connectivity index (χ3v) is 5.49. The number of sulfonamides is 1. The quantitative estimate of drug-likeness (QED) is 0.867. The molecule has 7 heteroatoms. The smallest absolute Gasteiger partial charge is 0.241 e. The summed E-state index contributed by atoms with van der Waals surface area (Å²) in [7, 11) is -3.71. The Kier molecular flexibility index (Phi) is 4.35. The number of amides is 1. The van der Waals surface area contributed by atoms with Crippen LogP contribution in [0.15, 0.2) is 23.1 Å². The number of carbonyl (C=O) groups excluding carboxylic acids is 1. The van der Waals surface area contributed by atoms with Gasteiger partial charge in [-0.15, -0.1) is 0 Å². The summed E-state index contributed by atoms with van der Waals surface area (Å²) < 4.78 is 33.0. The zero-order chi connectivity index (χ0) is 15.6. The number of ether oxygens (including phenoxy) is 1. The fraction of sp³-hybridized carbons (Fsp3) is 0.533. The number of carbonyl (C=O) groups is 1. The Labute approximate surface area is 130 Å². The van der Waals surface area contributed by atoms with E-state index < -0.39 is 16.1 Å². The number of nitrogens with one attached hydrogen (secondary N) is 2. The molecule has 0 spiro atoms. The van der Waals surface area contributed by atoms with Gasteiger partial charge in [0.2, 0.25) is 15.9 Å². The molecule has 1 fully saturated rings. The van der Waals surface area contributed by atoms with Crippen LogP contribution in [0.5, 0.6) is 5.75 Å². The molecule has 2 heterocycles. The van der Waals surface area contributed by atoms with Gasteiger partial charge < -0.3 is 10.1 Å². The van der Waals surface area contributed by atoms with E-state index >= 15 is 0 Å². The summed E-state index contributed by atoms with van der Waals surface area (Å²) in [5, 5.41) is 2.73. The Morgan fingerprint density at radius 1 is 1.23 bits per heavy atom. The molecular formula is C15H20N2O4S.